The number of hydrogen-bond donors (Lipinski definition) is 1. The van der Waals surface area contributed by atoms with Crippen molar-refractivity contribution >= 4 is 11.6 Å². The zero-order valence-corrected chi connectivity index (χ0v) is 22.7. The van der Waals surface area contributed by atoms with E-state index in [2.05, 4.69) is 0 Å². The minimum absolute atomic E-state index is 0.102. The molecule has 0 aliphatic carbocycles. The molecule has 1 fully saturated rings. The number of aliphatic hydroxyl groups is 1. The SMILES string of the molecule is CCOc1ccc(Cc2cc([C@H]3CC(OCc4ccccc4)C[C@@](C)(C(C)(C)O)O3)ccc2Cl)cc1F. The van der Waals surface area contributed by atoms with Crippen molar-refractivity contribution in [1.29, 1.82) is 0 Å². The highest BCUT2D eigenvalue weighted by atomic mass is 35.5. The van der Waals surface area contributed by atoms with Gasteiger partial charge in [0.15, 0.2) is 11.6 Å². The molecule has 1 N–H and O–H groups in total. The Labute approximate surface area is 224 Å². The summed E-state index contributed by atoms with van der Waals surface area (Å²) in [7, 11) is 0. The number of halogens is 2. The van der Waals surface area contributed by atoms with Gasteiger partial charge in [-0.2, -0.15) is 0 Å². The lowest BCUT2D eigenvalue weighted by Gasteiger charge is -2.48. The Bertz CT molecular complexity index is 1190. The van der Waals surface area contributed by atoms with E-state index < -0.39 is 11.2 Å². The molecule has 4 rings (SSSR count). The van der Waals surface area contributed by atoms with Gasteiger partial charge in [-0.05, 0) is 74.6 Å². The molecule has 0 saturated carbocycles. The van der Waals surface area contributed by atoms with E-state index in [1.807, 2.05) is 68.4 Å². The van der Waals surface area contributed by atoms with Crippen LogP contribution in [0.15, 0.2) is 66.7 Å². The van der Waals surface area contributed by atoms with Crippen molar-refractivity contribution in [2.24, 2.45) is 0 Å². The average Bonchev–Trinajstić information content (AvgIpc) is 2.85. The van der Waals surface area contributed by atoms with E-state index in [0.29, 0.717) is 37.5 Å². The highest BCUT2D eigenvalue weighted by molar-refractivity contribution is 6.31. The van der Waals surface area contributed by atoms with Gasteiger partial charge in [-0.1, -0.05) is 60.1 Å². The van der Waals surface area contributed by atoms with E-state index in [0.717, 1.165) is 22.3 Å². The van der Waals surface area contributed by atoms with Gasteiger partial charge in [0.05, 0.1) is 36.6 Å². The molecule has 37 heavy (non-hydrogen) atoms. The molecule has 1 aliphatic heterocycles. The number of benzene rings is 3. The molecule has 0 aromatic heterocycles. The van der Waals surface area contributed by atoms with Crippen LogP contribution in [0, 0.1) is 5.82 Å². The maximum atomic E-state index is 14.4. The van der Waals surface area contributed by atoms with Gasteiger partial charge in [-0.3, -0.25) is 0 Å². The summed E-state index contributed by atoms with van der Waals surface area (Å²) in [4.78, 5) is 0. The number of hydrogen-bond acceptors (Lipinski definition) is 4. The zero-order valence-electron chi connectivity index (χ0n) is 22.0. The first-order valence-electron chi connectivity index (χ1n) is 12.8. The topological polar surface area (TPSA) is 47.9 Å². The van der Waals surface area contributed by atoms with Crippen LogP contribution < -0.4 is 4.74 Å². The highest BCUT2D eigenvalue weighted by Crippen LogP contribution is 2.44. The minimum Gasteiger partial charge on any atom is -0.491 e. The molecule has 1 heterocycles. The molecule has 0 amide bonds. The molecule has 0 bridgehead atoms. The fraction of sp³-hybridized carbons (Fsp3) is 0.419. The lowest BCUT2D eigenvalue weighted by atomic mass is 9.78. The van der Waals surface area contributed by atoms with Crippen LogP contribution in [0.25, 0.3) is 0 Å². The first kappa shape index (κ1) is 27.6. The average molecular weight is 527 g/mol. The number of rotatable bonds is 9. The maximum Gasteiger partial charge on any atom is 0.165 e. The summed E-state index contributed by atoms with van der Waals surface area (Å²) in [5, 5.41) is 11.6. The molecule has 1 unspecified atom stereocenters. The van der Waals surface area contributed by atoms with E-state index in [4.69, 9.17) is 25.8 Å². The third kappa shape index (κ3) is 6.71. The normalized spacial score (nSPS) is 22.1. The van der Waals surface area contributed by atoms with Crippen LogP contribution in [0.5, 0.6) is 5.75 Å². The van der Waals surface area contributed by atoms with Crippen LogP contribution in [0.3, 0.4) is 0 Å². The standard InChI is InChI=1S/C31H36ClFO4/c1-5-35-28-14-11-22(16-27(28)33)15-24-17-23(12-13-26(24)32)29-18-25(19-31(4,37-29)30(2,3)34)36-20-21-9-7-6-8-10-21/h6-14,16-17,25,29,34H,5,15,18-20H2,1-4H3/t25?,29-,31+/m1/s1. The largest absolute Gasteiger partial charge is 0.491 e. The summed E-state index contributed by atoms with van der Waals surface area (Å²) in [6, 6.07) is 20.9. The molecule has 6 heteroatoms. The fourth-order valence-corrected chi connectivity index (χ4v) is 4.94. The van der Waals surface area contributed by atoms with Gasteiger partial charge in [0.2, 0.25) is 0 Å². The molecule has 198 valence electrons. The molecular weight excluding hydrogens is 491 g/mol. The van der Waals surface area contributed by atoms with Crippen LogP contribution in [0.2, 0.25) is 5.02 Å². The molecule has 4 nitrogen and oxygen atoms in total. The Morgan fingerprint density at radius 1 is 1.08 bits per heavy atom. The first-order chi connectivity index (χ1) is 17.6. The van der Waals surface area contributed by atoms with Crippen molar-refractivity contribution < 1.29 is 23.7 Å². The lowest BCUT2D eigenvalue weighted by Crippen LogP contribution is -2.55. The minimum atomic E-state index is -1.07. The predicted octanol–water partition coefficient (Wildman–Crippen LogP) is 7.44. The van der Waals surface area contributed by atoms with Crippen LogP contribution in [0.1, 0.15) is 68.9 Å². The third-order valence-electron chi connectivity index (χ3n) is 7.25. The van der Waals surface area contributed by atoms with E-state index in [9.17, 15) is 9.50 Å². The van der Waals surface area contributed by atoms with Gasteiger partial charge < -0.3 is 19.3 Å². The van der Waals surface area contributed by atoms with Gasteiger partial charge >= 0.3 is 0 Å². The van der Waals surface area contributed by atoms with E-state index in [1.54, 1.807) is 19.9 Å². The summed E-state index contributed by atoms with van der Waals surface area (Å²) in [6.45, 7) is 8.22. The summed E-state index contributed by atoms with van der Waals surface area (Å²) >= 11 is 6.56. The fourth-order valence-electron chi connectivity index (χ4n) is 4.76. The molecule has 3 atom stereocenters. The second kappa shape index (κ2) is 11.5. The van der Waals surface area contributed by atoms with E-state index >= 15 is 0 Å². The zero-order chi connectivity index (χ0) is 26.6. The van der Waals surface area contributed by atoms with Crippen LogP contribution in [-0.2, 0) is 22.5 Å². The van der Waals surface area contributed by atoms with Gasteiger partial charge in [0.1, 0.15) is 0 Å². The molecule has 3 aromatic rings. The highest BCUT2D eigenvalue weighted by Gasteiger charge is 2.48. The summed E-state index contributed by atoms with van der Waals surface area (Å²) in [5.74, 6) is -0.143. The summed E-state index contributed by atoms with van der Waals surface area (Å²) in [5.41, 5.74) is 1.85. The van der Waals surface area contributed by atoms with Gasteiger partial charge in [0, 0.05) is 17.9 Å². The van der Waals surface area contributed by atoms with Crippen molar-refractivity contribution in [3.8, 4) is 5.75 Å². The predicted molar refractivity (Wildman–Crippen MR) is 145 cm³/mol. The van der Waals surface area contributed by atoms with Gasteiger partial charge in [-0.25, -0.2) is 4.39 Å². The van der Waals surface area contributed by atoms with Crippen molar-refractivity contribution in [2.75, 3.05) is 6.61 Å². The van der Waals surface area contributed by atoms with E-state index in [-0.39, 0.29) is 23.8 Å². The Kier molecular flexibility index (Phi) is 8.59. The molecular formula is C31H36ClFO4. The Morgan fingerprint density at radius 3 is 2.51 bits per heavy atom. The third-order valence-corrected chi connectivity index (χ3v) is 7.62. The maximum absolute atomic E-state index is 14.4. The van der Waals surface area contributed by atoms with Gasteiger partial charge in [0.25, 0.3) is 0 Å². The van der Waals surface area contributed by atoms with E-state index in [1.165, 1.54) is 6.07 Å². The smallest absolute Gasteiger partial charge is 0.165 e. The van der Waals surface area contributed by atoms with Crippen molar-refractivity contribution in [1.82, 2.24) is 0 Å². The second-order valence-electron chi connectivity index (χ2n) is 10.5. The molecule has 1 aliphatic rings. The Morgan fingerprint density at radius 2 is 1.84 bits per heavy atom. The Balaban J connectivity index is 1.57. The van der Waals surface area contributed by atoms with Crippen molar-refractivity contribution in [3.63, 3.8) is 0 Å². The molecule has 0 spiro atoms. The van der Waals surface area contributed by atoms with Crippen LogP contribution in [-0.4, -0.2) is 29.0 Å². The molecule has 3 aromatic carbocycles. The molecule has 1 saturated heterocycles. The van der Waals surface area contributed by atoms with Crippen LogP contribution >= 0.6 is 11.6 Å². The quantitative estimate of drug-likeness (QED) is 0.315. The lowest BCUT2D eigenvalue weighted by molar-refractivity contribution is -0.236. The summed E-state index contributed by atoms with van der Waals surface area (Å²) < 4.78 is 32.6. The first-order valence-corrected chi connectivity index (χ1v) is 13.2. The van der Waals surface area contributed by atoms with Gasteiger partial charge in [-0.15, -0.1) is 0 Å². The molecule has 0 radical (unpaired) electrons. The Hall–Kier alpha value is -2.44. The van der Waals surface area contributed by atoms with Crippen molar-refractivity contribution in [3.05, 3.63) is 99.8 Å². The summed E-state index contributed by atoms with van der Waals surface area (Å²) in [6.07, 6.45) is 1.30. The van der Waals surface area contributed by atoms with Crippen LogP contribution in [0.4, 0.5) is 4.39 Å². The van der Waals surface area contributed by atoms with Crippen molar-refractivity contribution in [2.45, 2.75) is 77.0 Å². The monoisotopic (exact) mass is 526 g/mol. The number of ether oxygens (including phenoxy) is 3. The second-order valence-corrected chi connectivity index (χ2v) is 10.9.